The van der Waals surface area contributed by atoms with Crippen LogP contribution in [0.1, 0.15) is 35.4 Å². The molecule has 1 saturated heterocycles. The minimum absolute atomic E-state index is 0.0668. The second-order valence-corrected chi connectivity index (χ2v) is 8.39. The third-order valence-electron chi connectivity index (χ3n) is 5.84. The van der Waals surface area contributed by atoms with Gasteiger partial charge in [0.2, 0.25) is 0 Å². The number of hydrogen-bond acceptors (Lipinski definition) is 6. The van der Waals surface area contributed by atoms with Crippen LogP contribution in [0.5, 0.6) is 0 Å². The molecule has 1 aromatic carbocycles. The second-order valence-electron chi connectivity index (χ2n) is 7.96. The van der Waals surface area contributed by atoms with Crippen LogP contribution in [-0.2, 0) is 16.9 Å². The predicted octanol–water partition coefficient (Wildman–Crippen LogP) is 3.96. The van der Waals surface area contributed by atoms with Gasteiger partial charge < -0.3 is 4.74 Å². The molecule has 0 N–H and O–H groups in total. The SMILES string of the molecule is Cc1ncc(-n2cc(CN3CCC(OCC#N)(c4cc(Cl)ccc4C)CC3)cn2)cn1. The third-order valence-corrected chi connectivity index (χ3v) is 6.08. The number of likely N-dealkylation sites (tertiary alicyclic amines) is 1. The van der Waals surface area contributed by atoms with Gasteiger partial charge in [-0.1, -0.05) is 17.7 Å². The molecular weight excluding hydrogens is 412 g/mol. The van der Waals surface area contributed by atoms with E-state index in [0.29, 0.717) is 5.02 Å². The average molecular weight is 437 g/mol. The summed E-state index contributed by atoms with van der Waals surface area (Å²) in [6.45, 7) is 6.51. The van der Waals surface area contributed by atoms with Gasteiger partial charge in [-0.25, -0.2) is 14.6 Å². The van der Waals surface area contributed by atoms with Crippen LogP contribution in [-0.4, -0.2) is 44.3 Å². The first-order chi connectivity index (χ1) is 15.0. The zero-order chi connectivity index (χ0) is 21.8. The molecule has 3 heterocycles. The molecule has 31 heavy (non-hydrogen) atoms. The summed E-state index contributed by atoms with van der Waals surface area (Å²) in [5.41, 5.74) is 3.71. The van der Waals surface area contributed by atoms with Crippen molar-refractivity contribution in [3.63, 3.8) is 0 Å². The molecule has 7 nitrogen and oxygen atoms in total. The number of halogens is 1. The van der Waals surface area contributed by atoms with Gasteiger partial charge in [0, 0.05) is 36.4 Å². The van der Waals surface area contributed by atoms with Crippen molar-refractivity contribution in [2.24, 2.45) is 0 Å². The van der Waals surface area contributed by atoms with Gasteiger partial charge in [0.1, 0.15) is 18.1 Å². The summed E-state index contributed by atoms with van der Waals surface area (Å²) < 4.78 is 7.93. The minimum Gasteiger partial charge on any atom is -0.355 e. The van der Waals surface area contributed by atoms with Gasteiger partial charge in [-0.15, -0.1) is 0 Å². The second kappa shape index (κ2) is 9.15. The van der Waals surface area contributed by atoms with Crippen LogP contribution in [0, 0.1) is 25.2 Å². The zero-order valence-electron chi connectivity index (χ0n) is 17.8. The van der Waals surface area contributed by atoms with Crippen LogP contribution in [0.4, 0.5) is 0 Å². The first-order valence-corrected chi connectivity index (χ1v) is 10.7. The molecule has 0 spiro atoms. The highest BCUT2D eigenvalue weighted by molar-refractivity contribution is 6.30. The van der Waals surface area contributed by atoms with Gasteiger partial charge in [-0.2, -0.15) is 10.4 Å². The lowest BCUT2D eigenvalue weighted by Gasteiger charge is -2.42. The van der Waals surface area contributed by atoms with Crippen molar-refractivity contribution >= 4 is 11.6 Å². The van der Waals surface area contributed by atoms with Crippen LogP contribution < -0.4 is 0 Å². The van der Waals surface area contributed by atoms with Gasteiger partial charge in [-0.3, -0.25) is 4.90 Å². The van der Waals surface area contributed by atoms with Crippen molar-refractivity contribution in [3.8, 4) is 11.8 Å². The summed E-state index contributed by atoms with van der Waals surface area (Å²) in [7, 11) is 0. The number of piperidine rings is 1. The van der Waals surface area contributed by atoms with E-state index in [0.717, 1.165) is 60.7 Å². The largest absolute Gasteiger partial charge is 0.355 e. The van der Waals surface area contributed by atoms with Gasteiger partial charge in [0.15, 0.2) is 0 Å². The molecule has 1 aliphatic rings. The molecule has 0 saturated carbocycles. The molecule has 1 fully saturated rings. The van der Waals surface area contributed by atoms with Gasteiger partial charge >= 0.3 is 0 Å². The lowest BCUT2D eigenvalue weighted by molar-refractivity contribution is -0.0786. The molecule has 0 bridgehead atoms. The molecule has 0 radical (unpaired) electrons. The van der Waals surface area contributed by atoms with Crippen LogP contribution in [0.15, 0.2) is 43.0 Å². The molecular formula is C23H25ClN6O. The number of aryl methyl sites for hydroxylation is 2. The third kappa shape index (κ3) is 4.77. The Morgan fingerprint density at radius 3 is 2.61 bits per heavy atom. The Bertz CT molecular complexity index is 1080. The van der Waals surface area contributed by atoms with E-state index >= 15 is 0 Å². The molecule has 0 atom stereocenters. The molecule has 0 aliphatic carbocycles. The highest BCUT2D eigenvalue weighted by Gasteiger charge is 2.38. The maximum Gasteiger partial charge on any atom is 0.134 e. The fraction of sp³-hybridized carbons (Fsp3) is 0.391. The lowest BCUT2D eigenvalue weighted by Crippen LogP contribution is -2.44. The van der Waals surface area contributed by atoms with Gasteiger partial charge in [0.25, 0.3) is 0 Å². The Kier molecular flexibility index (Phi) is 6.33. The standard InChI is InChI=1S/C23H25ClN6O/c1-17-3-4-20(24)11-22(17)23(31-10-7-25)5-8-29(9-6-23)15-19-12-28-30(16-19)21-13-26-18(2)27-14-21/h3-4,11-14,16H,5-6,8-10,15H2,1-2H3. The fourth-order valence-corrected chi connectivity index (χ4v) is 4.34. The highest BCUT2D eigenvalue weighted by atomic mass is 35.5. The van der Waals surface area contributed by atoms with Crippen LogP contribution in [0.3, 0.4) is 0 Å². The maximum atomic E-state index is 9.11. The van der Waals surface area contributed by atoms with Crippen molar-refractivity contribution in [2.75, 3.05) is 19.7 Å². The average Bonchev–Trinajstić information content (AvgIpc) is 3.24. The summed E-state index contributed by atoms with van der Waals surface area (Å²) in [5, 5.41) is 14.3. The van der Waals surface area contributed by atoms with E-state index in [1.807, 2.05) is 37.5 Å². The van der Waals surface area contributed by atoms with E-state index in [1.165, 1.54) is 0 Å². The first kappa shape index (κ1) is 21.4. The van der Waals surface area contributed by atoms with Crippen LogP contribution >= 0.6 is 11.6 Å². The predicted molar refractivity (Wildman–Crippen MR) is 118 cm³/mol. The van der Waals surface area contributed by atoms with Gasteiger partial charge in [-0.05, 0) is 49.9 Å². The van der Waals surface area contributed by atoms with Crippen molar-refractivity contribution in [3.05, 3.63) is 70.5 Å². The Hall–Kier alpha value is -2.79. The monoisotopic (exact) mass is 436 g/mol. The molecule has 8 heteroatoms. The number of aromatic nitrogens is 4. The molecule has 160 valence electrons. The minimum atomic E-state index is -0.482. The van der Waals surface area contributed by atoms with E-state index < -0.39 is 5.60 Å². The van der Waals surface area contributed by atoms with Crippen LogP contribution in [0.25, 0.3) is 5.69 Å². The maximum absolute atomic E-state index is 9.11. The Morgan fingerprint density at radius 2 is 1.90 bits per heavy atom. The van der Waals surface area contributed by atoms with E-state index in [4.69, 9.17) is 21.6 Å². The van der Waals surface area contributed by atoms with Crippen molar-refractivity contribution in [2.45, 2.75) is 38.8 Å². The normalized spacial score (nSPS) is 16.2. The quantitative estimate of drug-likeness (QED) is 0.581. The Morgan fingerprint density at radius 1 is 1.16 bits per heavy atom. The molecule has 0 amide bonds. The number of benzene rings is 1. The van der Waals surface area contributed by atoms with E-state index in [1.54, 1.807) is 17.1 Å². The molecule has 0 unspecified atom stereocenters. The number of ether oxygens (including phenoxy) is 1. The van der Waals surface area contributed by atoms with E-state index in [-0.39, 0.29) is 6.61 Å². The Balaban J connectivity index is 1.46. The Labute approximate surface area is 187 Å². The van der Waals surface area contributed by atoms with E-state index in [9.17, 15) is 0 Å². The summed E-state index contributed by atoms with van der Waals surface area (Å²) in [5.74, 6) is 0.737. The molecule has 2 aromatic heterocycles. The summed E-state index contributed by atoms with van der Waals surface area (Å²) >= 11 is 6.28. The number of rotatable bonds is 6. The number of nitrogens with zero attached hydrogens (tertiary/aromatic N) is 6. The molecule has 1 aliphatic heterocycles. The molecule has 4 rings (SSSR count). The number of hydrogen-bond donors (Lipinski definition) is 0. The lowest BCUT2D eigenvalue weighted by atomic mass is 9.81. The highest BCUT2D eigenvalue weighted by Crippen LogP contribution is 2.39. The van der Waals surface area contributed by atoms with Crippen molar-refractivity contribution in [1.82, 2.24) is 24.6 Å². The fourth-order valence-electron chi connectivity index (χ4n) is 4.16. The first-order valence-electron chi connectivity index (χ1n) is 10.3. The topological polar surface area (TPSA) is 79.9 Å². The van der Waals surface area contributed by atoms with Gasteiger partial charge in [0.05, 0.1) is 30.3 Å². The summed E-state index contributed by atoms with van der Waals surface area (Å²) in [6, 6.07) is 8.02. The summed E-state index contributed by atoms with van der Waals surface area (Å²) in [6.07, 6.45) is 9.05. The smallest absolute Gasteiger partial charge is 0.134 e. The van der Waals surface area contributed by atoms with Crippen molar-refractivity contribution < 1.29 is 4.74 Å². The van der Waals surface area contributed by atoms with Crippen molar-refractivity contribution in [1.29, 1.82) is 5.26 Å². The van der Waals surface area contributed by atoms with E-state index in [2.05, 4.69) is 33.0 Å². The van der Waals surface area contributed by atoms with Crippen LogP contribution in [0.2, 0.25) is 5.02 Å². The summed E-state index contributed by atoms with van der Waals surface area (Å²) in [4.78, 5) is 10.9. The number of nitriles is 1. The zero-order valence-corrected chi connectivity index (χ0v) is 18.5. The molecule has 3 aromatic rings.